The highest BCUT2D eigenvalue weighted by Crippen LogP contribution is 2.25. The minimum Gasteiger partial charge on any atom is -0.454 e. The van der Waals surface area contributed by atoms with E-state index in [9.17, 15) is 14.4 Å². The van der Waals surface area contributed by atoms with Crippen LogP contribution in [0.3, 0.4) is 0 Å². The molecule has 0 unspecified atom stereocenters. The third-order valence-electron chi connectivity index (χ3n) is 5.94. The first-order valence-corrected chi connectivity index (χ1v) is 13.1. The van der Waals surface area contributed by atoms with Crippen molar-refractivity contribution in [2.45, 2.75) is 57.9 Å². The van der Waals surface area contributed by atoms with Gasteiger partial charge in [-0.25, -0.2) is 4.79 Å². The summed E-state index contributed by atoms with van der Waals surface area (Å²) in [5.74, 6) is -0.687. The molecule has 0 radical (unpaired) electrons. The first-order chi connectivity index (χ1) is 16.2. The lowest BCUT2D eigenvalue weighted by atomic mass is 9.86. The minimum absolute atomic E-state index is 0.0138. The molecule has 0 aromatic heterocycles. The zero-order chi connectivity index (χ0) is 24.7. The second-order valence-corrected chi connectivity index (χ2v) is 10.6. The second-order valence-electron chi connectivity index (χ2n) is 9.63. The number of hydrogen-bond acceptors (Lipinski definition) is 5. The molecule has 0 spiro atoms. The highest BCUT2D eigenvalue weighted by molar-refractivity contribution is 7.98. The summed E-state index contributed by atoms with van der Waals surface area (Å²) in [6, 6.07) is 12.4. The summed E-state index contributed by atoms with van der Waals surface area (Å²) in [6.45, 7) is 5.92. The third-order valence-corrected chi connectivity index (χ3v) is 6.59. The maximum atomic E-state index is 12.8. The largest absolute Gasteiger partial charge is 0.454 e. The van der Waals surface area contributed by atoms with Gasteiger partial charge in [-0.1, -0.05) is 39.0 Å². The lowest BCUT2D eigenvalue weighted by Crippen LogP contribution is -2.43. The van der Waals surface area contributed by atoms with E-state index in [1.165, 1.54) is 11.1 Å². The van der Waals surface area contributed by atoms with Crippen molar-refractivity contribution in [3.8, 4) is 0 Å². The summed E-state index contributed by atoms with van der Waals surface area (Å²) in [5.41, 5.74) is 4.86. The van der Waals surface area contributed by atoms with Crippen molar-refractivity contribution in [3.05, 3.63) is 64.7 Å². The molecule has 182 valence electrons. The van der Waals surface area contributed by atoms with Gasteiger partial charge in [0, 0.05) is 11.3 Å². The average Bonchev–Trinajstić information content (AvgIpc) is 3.27. The number of carbonyl (C=O) groups is 3. The molecule has 0 heterocycles. The summed E-state index contributed by atoms with van der Waals surface area (Å²) in [4.78, 5) is 37.8. The van der Waals surface area contributed by atoms with E-state index >= 15 is 0 Å². The fraction of sp³-hybridized carbons (Fsp3) is 0.444. The van der Waals surface area contributed by atoms with Crippen molar-refractivity contribution in [3.63, 3.8) is 0 Å². The van der Waals surface area contributed by atoms with Crippen LogP contribution in [0.1, 0.15) is 60.7 Å². The first-order valence-electron chi connectivity index (χ1n) is 11.7. The molecule has 3 rings (SSSR count). The van der Waals surface area contributed by atoms with E-state index in [0.29, 0.717) is 23.4 Å². The second kappa shape index (κ2) is 11.6. The van der Waals surface area contributed by atoms with Crippen molar-refractivity contribution in [2.75, 3.05) is 23.9 Å². The van der Waals surface area contributed by atoms with E-state index in [0.717, 1.165) is 24.8 Å². The van der Waals surface area contributed by atoms with Crippen LogP contribution in [0.5, 0.6) is 0 Å². The number of ether oxygens (including phenoxy) is 1. The highest BCUT2D eigenvalue weighted by Gasteiger charge is 2.24. The number of aryl methyl sites for hydroxylation is 2. The number of rotatable bonds is 9. The SMILES string of the molecule is CSCC[C@H](NC(=O)c1ccc(C(C)(C)C)cc1)C(=O)OCC(=O)Nc1ccc2c(c1)CCC2. The van der Waals surface area contributed by atoms with Gasteiger partial charge in [-0.3, -0.25) is 9.59 Å². The van der Waals surface area contributed by atoms with E-state index in [1.807, 2.05) is 36.6 Å². The van der Waals surface area contributed by atoms with Gasteiger partial charge < -0.3 is 15.4 Å². The molecular weight excluding hydrogens is 448 g/mol. The van der Waals surface area contributed by atoms with Crippen LogP contribution in [0.2, 0.25) is 0 Å². The molecule has 0 fully saturated rings. The van der Waals surface area contributed by atoms with Crippen molar-refractivity contribution in [2.24, 2.45) is 0 Å². The van der Waals surface area contributed by atoms with Crippen LogP contribution in [0.4, 0.5) is 5.69 Å². The molecule has 1 aliphatic rings. The molecule has 2 amide bonds. The van der Waals surface area contributed by atoms with Crippen molar-refractivity contribution in [1.29, 1.82) is 0 Å². The Hall–Kier alpha value is -2.80. The van der Waals surface area contributed by atoms with Gasteiger partial charge in [-0.15, -0.1) is 0 Å². The first kappa shape index (κ1) is 25.8. The van der Waals surface area contributed by atoms with E-state index in [2.05, 4.69) is 31.4 Å². The molecule has 2 N–H and O–H groups in total. The predicted octanol–water partition coefficient (Wildman–Crippen LogP) is 4.51. The Kier molecular flexibility index (Phi) is 8.78. The molecular formula is C27H34N2O4S. The molecule has 1 aliphatic carbocycles. The fourth-order valence-electron chi connectivity index (χ4n) is 3.93. The molecule has 2 aromatic rings. The third kappa shape index (κ3) is 7.10. The summed E-state index contributed by atoms with van der Waals surface area (Å²) >= 11 is 1.57. The monoisotopic (exact) mass is 482 g/mol. The standard InChI is InChI=1S/C27H34N2O4S/c1-27(2,3)21-11-8-19(9-12-21)25(31)29-23(14-15-34-4)26(32)33-17-24(30)28-22-13-10-18-6-5-7-20(18)16-22/h8-13,16,23H,5-7,14-15,17H2,1-4H3,(H,28,30)(H,29,31)/t23-/m0/s1. The van der Waals surface area contributed by atoms with Crippen LogP contribution >= 0.6 is 11.8 Å². The lowest BCUT2D eigenvalue weighted by Gasteiger charge is -2.20. The Bertz CT molecular complexity index is 1030. The Labute approximate surface area is 206 Å². The Morgan fingerprint density at radius 1 is 1.03 bits per heavy atom. The number of benzene rings is 2. The maximum Gasteiger partial charge on any atom is 0.329 e. The number of amides is 2. The summed E-state index contributed by atoms with van der Waals surface area (Å²) < 4.78 is 5.25. The van der Waals surface area contributed by atoms with Crippen LogP contribution in [0, 0.1) is 0 Å². The van der Waals surface area contributed by atoms with Crippen LogP contribution in [0.25, 0.3) is 0 Å². The molecule has 2 aromatic carbocycles. The zero-order valence-electron chi connectivity index (χ0n) is 20.4. The number of hydrogen-bond donors (Lipinski definition) is 2. The topological polar surface area (TPSA) is 84.5 Å². The van der Waals surface area contributed by atoms with E-state index in [4.69, 9.17) is 4.74 Å². The lowest BCUT2D eigenvalue weighted by molar-refractivity contribution is -0.149. The molecule has 0 bridgehead atoms. The number of thioether (sulfide) groups is 1. The number of carbonyl (C=O) groups excluding carboxylic acids is 3. The Morgan fingerprint density at radius 2 is 1.74 bits per heavy atom. The number of fused-ring (bicyclic) bond motifs is 1. The van der Waals surface area contributed by atoms with Gasteiger partial charge in [0.1, 0.15) is 6.04 Å². The Morgan fingerprint density at radius 3 is 2.41 bits per heavy atom. The van der Waals surface area contributed by atoms with Crippen LogP contribution in [-0.2, 0) is 32.6 Å². The Balaban J connectivity index is 1.55. The molecule has 0 saturated heterocycles. The molecule has 0 saturated carbocycles. The normalized spacial score (nSPS) is 13.6. The molecule has 6 nitrogen and oxygen atoms in total. The summed E-state index contributed by atoms with van der Waals surface area (Å²) in [7, 11) is 0. The molecule has 0 aliphatic heterocycles. The quantitative estimate of drug-likeness (QED) is 0.514. The smallest absolute Gasteiger partial charge is 0.329 e. The highest BCUT2D eigenvalue weighted by atomic mass is 32.2. The maximum absolute atomic E-state index is 12.8. The van der Waals surface area contributed by atoms with Gasteiger partial charge in [0.15, 0.2) is 6.61 Å². The van der Waals surface area contributed by atoms with Crippen molar-refractivity contribution in [1.82, 2.24) is 5.32 Å². The van der Waals surface area contributed by atoms with Crippen molar-refractivity contribution < 1.29 is 19.1 Å². The van der Waals surface area contributed by atoms with Gasteiger partial charge in [0.2, 0.25) is 0 Å². The predicted molar refractivity (Wildman–Crippen MR) is 137 cm³/mol. The number of nitrogens with one attached hydrogen (secondary N) is 2. The number of esters is 1. The summed E-state index contributed by atoms with van der Waals surface area (Å²) in [5, 5.41) is 5.55. The van der Waals surface area contributed by atoms with Gasteiger partial charge in [0.05, 0.1) is 0 Å². The van der Waals surface area contributed by atoms with Gasteiger partial charge in [-0.05, 0) is 84.1 Å². The van der Waals surface area contributed by atoms with Crippen LogP contribution in [0.15, 0.2) is 42.5 Å². The van der Waals surface area contributed by atoms with Gasteiger partial charge in [0.25, 0.3) is 11.8 Å². The van der Waals surface area contributed by atoms with Crippen molar-refractivity contribution >= 4 is 35.2 Å². The van der Waals surface area contributed by atoms with Crippen LogP contribution in [-0.4, -0.2) is 42.4 Å². The molecule has 34 heavy (non-hydrogen) atoms. The zero-order valence-corrected chi connectivity index (χ0v) is 21.2. The average molecular weight is 483 g/mol. The van der Waals surface area contributed by atoms with E-state index in [1.54, 1.807) is 23.9 Å². The van der Waals surface area contributed by atoms with Gasteiger partial charge >= 0.3 is 5.97 Å². The van der Waals surface area contributed by atoms with Gasteiger partial charge in [-0.2, -0.15) is 11.8 Å². The minimum atomic E-state index is -0.824. The van der Waals surface area contributed by atoms with Crippen LogP contribution < -0.4 is 10.6 Å². The number of anilines is 1. The van der Waals surface area contributed by atoms with E-state index in [-0.39, 0.29) is 11.3 Å². The summed E-state index contributed by atoms with van der Waals surface area (Å²) in [6.07, 6.45) is 5.57. The fourth-order valence-corrected chi connectivity index (χ4v) is 4.40. The van der Waals surface area contributed by atoms with E-state index < -0.39 is 24.5 Å². The molecule has 1 atom stereocenters. The molecule has 7 heteroatoms.